The van der Waals surface area contributed by atoms with Gasteiger partial charge in [0.1, 0.15) is 5.95 Å². The molecular formula is C18H19IrN4O2-. The largest absolute Gasteiger partial charge is 0.512 e. The fraction of sp³-hybridized carbons (Fsp3) is 0.167. The van der Waals surface area contributed by atoms with Crippen LogP contribution in [-0.4, -0.2) is 30.0 Å². The van der Waals surface area contributed by atoms with Crippen LogP contribution in [0.2, 0.25) is 0 Å². The number of hydrogen-bond acceptors (Lipinski definition) is 4. The summed E-state index contributed by atoms with van der Waals surface area (Å²) in [5, 5.41) is 8.36. The molecule has 0 saturated heterocycles. The zero-order chi connectivity index (χ0) is 17.5. The molecule has 3 aromatic rings. The van der Waals surface area contributed by atoms with Crippen molar-refractivity contribution in [2.75, 3.05) is 0 Å². The Morgan fingerprint density at radius 1 is 1.20 bits per heavy atom. The van der Waals surface area contributed by atoms with Gasteiger partial charge in [0.15, 0.2) is 5.78 Å². The van der Waals surface area contributed by atoms with Gasteiger partial charge in [-0.1, -0.05) is 36.5 Å². The fourth-order valence-electron chi connectivity index (χ4n) is 2.08. The van der Waals surface area contributed by atoms with Gasteiger partial charge in [-0.15, -0.1) is 0 Å². The second kappa shape index (κ2) is 9.71. The maximum absolute atomic E-state index is 10.0. The minimum absolute atomic E-state index is 0. The summed E-state index contributed by atoms with van der Waals surface area (Å²) in [6.45, 7) is 2.85. The second-order valence-corrected chi connectivity index (χ2v) is 5.15. The Morgan fingerprint density at radius 3 is 2.36 bits per heavy atom. The first-order valence-electron chi connectivity index (χ1n) is 7.35. The van der Waals surface area contributed by atoms with Crippen molar-refractivity contribution in [1.82, 2.24) is 19.1 Å². The first-order chi connectivity index (χ1) is 11.5. The second-order valence-electron chi connectivity index (χ2n) is 5.15. The van der Waals surface area contributed by atoms with Gasteiger partial charge in [0, 0.05) is 51.4 Å². The Kier molecular flexibility index (Phi) is 7.98. The average molecular weight is 516 g/mol. The van der Waals surface area contributed by atoms with Gasteiger partial charge in [-0.25, -0.2) is 0 Å². The quantitative estimate of drug-likeness (QED) is 0.331. The molecule has 3 rings (SSSR count). The molecule has 1 aromatic carbocycles. The molecular weight excluding hydrogens is 496 g/mol. The van der Waals surface area contributed by atoms with Crippen molar-refractivity contribution in [2.45, 2.75) is 13.8 Å². The summed E-state index contributed by atoms with van der Waals surface area (Å²) in [6, 6.07) is 10.0. The van der Waals surface area contributed by atoms with E-state index in [-0.39, 0.29) is 31.6 Å². The molecule has 0 saturated carbocycles. The average Bonchev–Trinajstić information content (AvgIpc) is 3.15. The Morgan fingerprint density at radius 2 is 1.88 bits per heavy atom. The number of rotatable bonds is 3. The van der Waals surface area contributed by atoms with Crippen molar-refractivity contribution in [3.05, 3.63) is 67.0 Å². The normalized spacial score (nSPS) is 10.4. The van der Waals surface area contributed by atoms with Crippen LogP contribution >= 0.6 is 0 Å². The molecule has 25 heavy (non-hydrogen) atoms. The van der Waals surface area contributed by atoms with Gasteiger partial charge in [0.2, 0.25) is 0 Å². The number of aliphatic hydroxyl groups is 1. The number of nitrogens with zero attached hydrogens (tertiary/aromatic N) is 4. The van der Waals surface area contributed by atoms with Gasteiger partial charge in [-0.2, -0.15) is 0 Å². The van der Waals surface area contributed by atoms with Crippen LogP contribution < -0.4 is 0 Å². The molecule has 0 amide bonds. The Bertz CT molecular complexity index is 834. The number of aliphatic hydroxyl groups excluding tert-OH is 1. The predicted octanol–water partition coefficient (Wildman–Crippen LogP) is 3.11. The number of benzene rings is 1. The molecule has 0 atom stereocenters. The fourth-order valence-corrected chi connectivity index (χ4v) is 2.08. The number of ketones is 1. The standard InChI is InChI=1S/C13H11N4.C5H8O2.Ir/c1-16-9-7-15-13(16)17-10-8-14-12(17)11-5-3-2-4-6-11;1-4(6)3-5(2)7;/h2-9H,1H3;3,6H,1-2H3;/q-1;;/b;4-3-;. The Labute approximate surface area is 160 Å². The number of carbonyl (C=O) groups is 1. The van der Waals surface area contributed by atoms with Crippen LogP contribution in [0.1, 0.15) is 13.8 Å². The van der Waals surface area contributed by atoms with E-state index in [1.807, 2.05) is 52.7 Å². The minimum atomic E-state index is -0.125. The van der Waals surface area contributed by atoms with Gasteiger partial charge in [-0.05, 0) is 25.6 Å². The molecule has 1 radical (unpaired) electrons. The third-order valence-electron chi connectivity index (χ3n) is 3.03. The van der Waals surface area contributed by atoms with E-state index >= 15 is 0 Å². The number of aryl methyl sites for hydroxylation is 1. The summed E-state index contributed by atoms with van der Waals surface area (Å²) < 4.78 is 3.79. The Balaban J connectivity index is 0.000000339. The predicted molar refractivity (Wildman–Crippen MR) is 91.7 cm³/mol. The molecule has 0 aliphatic rings. The number of hydrogen-bond donors (Lipinski definition) is 1. The first-order valence-corrected chi connectivity index (χ1v) is 7.35. The molecule has 0 aliphatic carbocycles. The van der Waals surface area contributed by atoms with Crippen molar-refractivity contribution in [3.8, 4) is 17.3 Å². The number of allylic oxidation sites excluding steroid dienone is 2. The third-order valence-corrected chi connectivity index (χ3v) is 3.03. The molecule has 7 heteroatoms. The van der Waals surface area contributed by atoms with Crippen molar-refractivity contribution < 1.29 is 30.0 Å². The van der Waals surface area contributed by atoms with Crippen LogP contribution in [0.3, 0.4) is 0 Å². The van der Waals surface area contributed by atoms with Gasteiger partial charge < -0.3 is 19.2 Å². The number of aromatic nitrogens is 4. The molecule has 133 valence electrons. The molecule has 0 bridgehead atoms. The van der Waals surface area contributed by atoms with Crippen molar-refractivity contribution in [1.29, 1.82) is 0 Å². The molecule has 2 aromatic heterocycles. The number of imidazole rings is 2. The minimum Gasteiger partial charge on any atom is -0.512 e. The summed E-state index contributed by atoms with van der Waals surface area (Å²) in [7, 11) is 1.95. The molecule has 2 heterocycles. The summed E-state index contributed by atoms with van der Waals surface area (Å²) in [5.41, 5.74) is 1.05. The molecule has 0 aliphatic heterocycles. The van der Waals surface area contributed by atoms with E-state index in [2.05, 4.69) is 16.2 Å². The summed E-state index contributed by atoms with van der Waals surface area (Å²) in [4.78, 5) is 18.7. The zero-order valence-electron chi connectivity index (χ0n) is 14.2. The van der Waals surface area contributed by atoms with Crippen molar-refractivity contribution in [2.24, 2.45) is 7.05 Å². The van der Waals surface area contributed by atoms with Crippen molar-refractivity contribution >= 4 is 5.78 Å². The summed E-state index contributed by atoms with van der Waals surface area (Å²) in [5.74, 6) is 1.59. The van der Waals surface area contributed by atoms with Crippen LogP contribution in [0.5, 0.6) is 0 Å². The third kappa shape index (κ3) is 5.81. The molecule has 0 unspecified atom stereocenters. The van der Waals surface area contributed by atoms with Crippen molar-refractivity contribution in [3.63, 3.8) is 0 Å². The van der Waals surface area contributed by atoms with E-state index in [9.17, 15) is 4.79 Å². The summed E-state index contributed by atoms with van der Waals surface area (Å²) in [6.07, 6.45) is 9.56. The summed E-state index contributed by atoms with van der Waals surface area (Å²) >= 11 is 0. The van der Waals surface area contributed by atoms with Gasteiger partial charge in [-0.3, -0.25) is 9.78 Å². The molecule has 6 nitrogen and oxygen atoms in total. The van der Waals surface area contributed by atoms with Crippen LogP contribution in [0.25, 0.3) is 17.3 Å². The Hall–Kier alpha value is -2.50. The molecule has 0 fully saturated rings. The van der Waals surface area contributed by atoms with Crippen LogP contribution in [-0.2, 0) is 31.9 Å². The smallest absolute Gasteiger partial charge is 0.155 e. The maximum Gasteiger partial charge on any atom is 0.155 e. The monoisotopic (exact) mass is 516 g/mol. The first kappa shape index (κ1) is 20.5. The topological polar surface area (TPSA) is 72.9 Å². The van der Waals surface area contributed by atoms with Crippen LogP contribution in [0.4, 0.5) is 0 Å². The van der Waals surface area contributed by atoms with E-state index in [0.29, 0.717) is 0 Å². The van der Waals surface area contributed by atoms with E-state index in [1.54, 1.807) is 12.4 Å². The van der Waals surface area contributed by atoms with Gasteiger partial charge >= 0.3 is 0 Å². The molecule has 1 N–H and O–H groups in total. The van der Waals surface area contributed by atoms with Gasteiger partial charge in [0.05, 0.1) is 5.76 Å². The number of carbonyl (C=O) groups excluding carboxylic acids is 1. The van der Waals surface area contributed by atoms with Gasteiger partial charge in [0.25, 0.3) is 0 Å². The molecule has 0 spiro atoms. The maximum atomic E-state index is 10.0. The van der Waals surface area contributed by atoms with E-state index < -0.39 is 0 Å². The zero-order valence-corrected chi connectivity index (χ0v) is 16.6. The van der Waals surface area contributed by atoms with Crippen LogP contribution in [0.15, 0.2) is 60.8 Å². The van der Waals surface area contributed by atoms with E-state index in [1.165, 1.54) is 19.9 Å². The SMILES string of the molecule is CC(=O)/C=C(/C)O.Cn1ccnc1-n1[c-]cnc1-c1ccccc1.[Ir]. The van der Waals surface area contributed by atoms with E-state index in [4.69, 9.17) is 5.11 Å². The van der Waals surface area contributed by atoms with E-state index in [0.717, 1.165) is 17.3 Å². The van der Waals surface area contributed by atoms with Crippen LogP contribution in [0, 0.1) is 6.20 Å².